The number of aliphatic imine (C=N–C) groups is 1. The quantitative estimate of drug-likeness (QED) is 0.244. The highest BCUT2D eigenvalue weighted by Crippen LogP contribution is 2.31. The Morgan fingerprint density at radius 2 is 1.08 bits per heavy atom. The predicted molar refractivity (Wildman–Crippen MR) is 146 cm³/mol. The van der Waals surface area contributed by atoms with Crippen LogP contribution in [0.15, 0.2) is 120 Å². The first kappa shape index (κ1) is 25.8. The monoisotopic (exact) mass is 509 g/mol. The lowest BCUT2D eigenvalue weighted by Crippen LogP contribution is -2.38. The number of nitrogens with zero attached hydrogens (tertiary/aromatic N) is 1. The SMILES string of the molecule is Oc1ccccc1N=C[C@H]1O[C@H](OCc2ccccc2)[C@H](OCc2ccccc2)[C@@H]1OCc1ccccc1. The van der Waals surface area contributed by atoms with Gasteiger partial charge in [-0.3, -0.25) is 4.99 Å². The summed E-state index contributed by atoms with van der Waals surface area (Å²) < 4.78 is 25.4. The van der Waals surface area contributed by atoms with Crippen LogP contribution in [0.5, 0.6) is 5.75 Å². The number of aromatic hydroxyl groups is 1. The molecule has 0 bridgehead atoms. The van der Waals surface area contributed by atoms with E-state index >= 15 is 0 Å². The Kier molecular flexibility index (Phi) is 8.92. The van der Waals surface area contributed by atoms with Gasteiger partial charge in [-0.25, -0.2) is 0 Å². The summed E-state index contributed by atoms with van der Waals surface area (Å²) in [4.78, 5) is 4.51. The summed E-state index contributed by atoms with van der Waals surface area (Å²) in [5.41, 5.74) is 3.57. The second kappa shape index (κ2) is 13.1. The van der Waals surface area contributed by atoms with Crippen LogP contribution in [-0.4, -0.2) is 35.9 Å². The molecule has 0 unspecified atom stereocenters. The summed E-state index contributed by atoms with van der Waals surface area (Å²) in [6.45, 7) is 1.13. The molecule has 1 aliphatic rings. The lowest BCUT2D eigenvalue weighted by atomic mass is 10.1. The standard InChI is InChI=1S/C32H31NO5/c34-28-19-11-10-18-27(28)33-20-29-30(35-21-24-12-4-1-5-13-24)31(36-22-25-14-6-2-7-15-25)32(38-29)37-23-26-16-8-3-9-17-26/h1-20,29-32,34H,21-23H2/t29-,30-,31-,32+/m1/s1. The van der Waals surface area contributed by atoms with Gasteiger partial charge in [-0.15, -0.1) is 0 Å². The van der Waals surface area contributed by atoms with E-state index in [-0.39, 0.29) is 5.75 Å². The van der Waals surface area contributed by atoms with Crippen molar-refractivity contribution in [3.05, 3.63) is 132 Å². The van der Waals surface area contributed by atoms with E-state index in [4.69, 9.17) is 18.9 Å². The first-order chi connectivity index (χ1) is 18.8. The van der Waals surface area contributed by atoms with E-state index in [1.807, 2.05) is 97.1 Å². The van der Waals surface area contributed by atoms with Crippen LogP contribution in [0.2, 0.25) is 0 Å². The maximum absolute atomic E-state index is 10.2. The molecule has 0 aromatic heterocycles. The molecule has 6 nitrogen and oxygen atoms in total. The molecule has 4 aromatic rings. The third-order valence-corrected chi connectivity index (χ3v) is 6.28. The van der Waals surface area contributed by atoms with Gasteiger partial charge in [-0.1, -0.05) is 103 Å². The highest BCUT2D eigenvalue weighted by Gasteiger charge is 2.46. The second-order valence-electron chi connectivity index (χ2n) is 9.06. The van der Waals surface area contributed by atoms with Crippen LogP contribution in [0, 0.1) is 0 Å². The zero-order valence-electron chi connectivity index (χ0n) is 21.0. The van der Waals surface area contributed by atoms with Crippen LogP contribution >= 0.6 is 0 Å². The van der Waals surface area contributed by atoms with Crippen molar-refractivity contribution >= 4 is 11.9 Å². The van der Waals surface area contributed by atoms with E-state index in [9.17, 15) is 5.11 Å². The fourth-order valence-corrected chi connectivity index (χ4v) is 4.28. The molecule has 38 heavy (non-hydrogen) atoms. The van der Waals surface area contributed by atoms with E-state index < -0.39 is 24.6 Å². The smallest absolute Gasteiger partial charge is 0.187 e. The second-order valence-corrected chi connectivity index (χ2v) is 9.06. The van der Waals surface area contributed by atoms with Gasteiger partial charge in [0.05, 0.1) is 19.8 Å². The molecule has 1 heterocycles. The molecule has 1 fully saturated rings. The van der Waals surface area contributed by atoms with Crippen molar-refractivity contribution in [2.45, 2.75) is 44.4 Å². The summed E-state index contributed by atoms with van der Waals surface area (Å²) in [5.74, 6) is 0.0947. The largest absolute Gasteiger partial charge is 0.506 e. The Labute approximate surface area is 223 Å². The Morgan fingerprint density at radius 3 is 1.63 bits per heavy atom. The van der Waals surface area contributed by atoms with Crippen molar-refractivity contribution < 1.29 is 24.1 Å². The normalized spacial score (nSPS) is 21.2. The van der Waals surface area contributed by atoms with Gasteiger partial charge in [0.2, 0.25) is 0 Å². The third-order valence-electron chi connectivity index (χ3n) is 6.28. The molecule has 194 valence electrons. The first-order valence-corrected chi connectivity index (χ1v) is 12.7. The number of phenols is 1. The van der Waals surface area contributed by atoms with E-state index in [2.05, 4.69) is 4.99 Å². The fraction of sp³-hybridized carbons (Fsp3) is 0.219. The molecule has 4 aromatic carbocycles. The summed E-state index contributed by atoms with van der Waals surface area (Å²) in [7, 11) is 0. The van der Waals surface area contributed by atoms with E-state index in [1.165, 1.54) is 0 Å². The fourth-order valence-electron chi connectivity index (χ4n) is 4.28. The van der Waals surface area contributed by atoms with Crippen LogP contribution < -0.4 is 0 Å². The molecule has 1 aliphatic heterocycles. The molecule has 4 atom stereocenters. The average molecular weight is 510 g/mol. The molecule has 1 N–H and O–H groups in total. The Balaban J connectivity index is 1.39. The summed E-state index contributed by atoms with van der Waals surface area (Å²) in [5, 5.41) is 10.2. The van der Waals surface area contributed by atoms with Crippen molar-refractivity contribution in [3.63, 3.8) is 0 Å². The highest BCUT2D eigenvalue weighted by atomic mass is 16.7. The molecule has 1 saturated heterocycles. The summed E-state index contributed by atoms with van der Waals surface area (Å²) in [6.07, 6.45) is -0.576. The van der Waals surface area contributed by atoms with Crippen LogP contribution in [0.3, 0.4) is 0 Å². The number of phenolic OH excluding ortho intramolecular Hbond substituents is 1. The zero-order valence-corrected chi connectivity index (χ0v) is 21.0. The van der Waals surface area contributed by atoms with Crippen molar-refractivity contribution in [1.29, 1.82) is 0 Å². The molecule has 6 heteroatoms. The maximum Gasteiger partial charge on any atom is 0.187 e. The molecule has 0 radical (unpaired) electrons. The van der Waals surface area contributed by atoms with E-state index in [1.54, 1.807) is 24.4 Å². The molecule has 0 saturated carbocycles. The topological polar surface area (TPSA) is 69.5 Å². The highest BCUT2D eigenvalue weighted by molar-refractivity contribution is 5.71. The van der Waals surface area contributed by atoms with Crippen molar-refractivity contribution in [2.75, 3.05) is 0 Å². The number of ether oxygens (including phenoxy) is 4. The maximum atomic E-state index is 10.2. The van der Waals surface area contributed by atoms with Crippen molar-refractivity contribution in [3.8, 4) is 5.75 Å². The van der Waals surface area contributed by atoms with Gasteiger partial charge >= 0.3 is 0 Å². The molecule has 0 aliphatic carbocycles. The van der Waals surface area contributed by atoms with Gasteiger partial charge in [0.1, 0.15) is 29.7 Å². The zero-order chi connectivity index (χ0) is 26.0. The number of hydrogen-bond acceptors (Lipinski definition) is 6. The van der Waals surface area contributed by atoms with Gasteiger partial charge in [-0.2, -0.15) is 0 Å². The first-order valence-electron chi connectivity index (χ1n) is 12.7. The van der Waals surface area contributed by atoms with Crippen LogP contribution in [0.1, 0.15) is 16.7 Å². The van der Waals surface area contributed by atoms with Crippen LogP contribution in [-0.2, 0) is 38.8 Å². The van der Waals surface area contributed by atoms with Gasteiger partial charge in [-0.05, 0) is 28.8 Å². The van der Waals surface area contributed by atoms with E-state index in [0.717, 1.165) is 16.7 Å². The van der Waals surface area contributed by atoms with Gasteiger partial charge in [0, 0.05) is 6.21 Å². The number of benzene rings is 4. The molecular formula is C32H31NO5. The number of rotatable bonds is 11. The lowest BCUT2D eigenvalue weighted by Gasteiger charge is -2.24. The minimum Gasteiger partial charge on any atom is -0.506 e. The molecule has 5 rings (SSSR count). The average Bonchev–Trinajstić information content (AvgIpc) is 3.31. The Morgan fingerprint density at radius 1 is 0.605 bits per heavy atom. The third kappa shape index (κ3) is 6.94. The lowest BCUT2D eigenvalue weighted by molar-refractivity contribution is -0.182. The van der Waals surface area contributed by atoms with Gasteiger partial charge in [0.25, 0.3) is 0 Å². The van der Waals surface area contributed by atoms with Crippen LogP contribution in [0.25, 0.3) is 0 Å². The minimum absolute atomic E-state index is 0.0947. The summed E-state index contributed by atoms with van der Waals surface area (Å²) >= 11 is 0. The Bertz CT molecular complexity index is 1280. The molecular weight excluding hydrogens is 478 g/mol. The van der Waals surface area contributed by atoms with Gasteiger partial charge in [0.15, 0.2) is 6.29 Å². The van der Waals surface area contributed by atoms with E-state index in [0.29, 0.717) is 25.5 Å². The van der Waals surface area contributed by atoms with Crippen molar-refractivity contribution in [2.24, 2.45) is 4.99 Å². The molecule has 0 amide bonds. The minimum atomic E-state index is -0.680. The Hall–Kier alpha value is -3.81. The number of para-hydroxylation sites is 2. The van der Waals surface area contributed by atoms with Crippen molar-refractivity contribution in [1.82, 2.24) is 0 Å². The predicted octanol–water partition coefficient (Wildman–Crippen LogP) is 6.21. The van der Waals surface area contributed by atoms with Crippen LogP contribution in [0.4, 0.5) is 5.69 Å². The summed E-state index contributed by atoms with van der Waals surface area (Å²) in [6, 6.07) is 36.8. The van der Waals surface area contributed by atoms with Gasteiger partial charge < -0.3 is 24.1 Å². The molecule has 0 spiro atoms. The number of hydrogen-bond donors (Lipinski definition) is 1.